The van der Waals surface area contributed by atoms with E-state index in [1.807, 2.05) is 48.5 Å². The first-order valence-corrected chi connectivity index (χ1v) is 12.5. The van der Waals surface area contributed by atoms with Crippen molar-refractivity contribution in [3.63, 3.8) is 0 Å². The Bertz CT molecular complexity index is 1280. The van der Waals surface area contributed by atoms with E-state index < -0.39 is 11.9 Å². The van der Waals surface area contributed by atoms with Gasteiger partial charge in [0.05, 0.1) is 48.9 Å². The molecule has 2 aromatic carbocycles. The van der Waals surface area contributed by atoms with Crippen LogP contribution in [0.2, 0.25) is 0 Å². The maximum Gasteiger partial charge on any atom is 0.341 e. The third-order valence-corrected chi connectivity index (χ3v) is 6.12. The molecule has 2 aromatic heterocycles. The Hall–Kier alpha value is -4.14. The van der Waals surface area contributed by atoms with Gasteiger partial charge in [0.25, 0.3) is 0 Å². The van der Waals surface area contributed by atoms with Gasteiger partial charge in [-0.25, -0.2) is 9.59 Å². The highest BCUT2D eigenvalue weighted by atomic mass is 16.5. The average Bonchev–Trinajstić information content (AvgIpc) is 3.55. The van der Waals surface area contributed by atoms with Crippen molar-refractivity contribution in [1.82, 2.24) is 9.97 Å². The third kappa shape index (κ3) is 5.56. The van der Waals surface area contributed by atoms with Crippen molar-refractivity contribution in [3.8, 4) is 33.6 Å². The molecule has 0 saturated carbocycles. The fourth-order valence-corrected chi connectivity index (χ4v) is 4.42. The molecule has 0 fully saturated rings. The van der Waals surface area contributed by atoms with E-state index in [4.69, 9.17) is 18.9 Å². The molecule has 0 aliphatic heterocycles. The van der Waals surface area contributed by atoms with Crippen LogP contribution in [0.15, 0.2) is 60.9 Å². The average molecular weight is 517 g/mol. The molecule has 8 heteroatoms. The molecule has 0 aliphatic rings. The smallest absolute Gasteiger partial charge is 0.341 e. The fourth-order valence-electron chi connectivity index (χ4n) is 4.42. The van der Waals surface area contributed by atoms with Gasteiger partial charge in [-0.2, -0.15) is 0 Å². The minimum atomic E-state index is -0.491. The zero-order chi connectivity index (χ0) is 27.1. The zero-order valence-electron chi connectivity index (χ0n) is 22.1. The van der Waals surface area contributed by atoms with Crippen LogP contribution in [0, 0.1) is 0 Å². The zero-order valence-corrected chi connectivity index (χ0v) is 22.1. The molecule has 2 N–H and O–H groups in total. The van der Waals surface area contributed by atoms with Crippen LogP contribution in [0.5, 0.6) is 0 Å². The molecule has 38 heavy (non-hydrogen) atoms. The van der Waals surface area contributed by atoms with Crippen LogP contribution in [-0.4, -0.2) is 49.3 Å². The van der Waals surface area contributed by atoms with Gasteiger partial charge >= 0.3 is 11.9 Å². The van der Waals surface area contributed by atoms with Gasteiger partial charge in [0.15, 0.2) is 0 Å². The lowest BCUT2D eigenvalue weighted by atomic mass is 9.97. The minimum Gasteiger partial charge on any atom is -0.462 e. The molecule has 8 nitrogen and oxygen atoms in total. The van der Waals surface area contributed by atoms with Crippen LogP contribution >= 0.6 is 0 Å². The first-order chi connectivity index (χ1) is 18.5. The molecular weight excluding hydrogens is 484 g/mol. The summed E-state index contributed by atoms with van der Waals surface area (Å²) in [4.78, 5) is 32.9. The fraction of sp³-hybridized carbons (Fsp3) is 0.267. The number of esters is 2. The van der Waals surface area contributed by atoms with Gasteiger partial charge in [0.1, 0.15) is 0 Å². The summed E-state index contributed by atoms with van der Waals surface area (Å²) >= 11 is 0. The van der Waals surface area contributed by atoms with Crippen LogP contribution in [0.3, 0.4) is 0 Å². The third-order valence-electron chi connectivity index (χ3n) is 6.12. The normalized spacial score (nSPS) is 10.9. The van der Waals surface area contributed by atoms with Gasteiger partial charge in [0.2, 0.25) is 0 Å². The topological polar surface area (TPSA) is 103 Å². The Labute approximate surface area is 221 Å². The quantitative estimate of drug-likeness (QED) is 0.237. The first kappa shape index (κ1) is 26.9. The molecule has 4 rings (SSSR count). The number of carbonyl (C=O) groups excluding carboxylic acids is 2. The highest BCUT2D eigenvalue weighted by Crippen LogP contribution is 2.38. The Kier molecular flexibility index (Phi) is 8.78. The number of aromatic nitrogens is 2. The predicted octanol–water partition coefficient (Wildman–Crippen LogP) is 5.99. The van der Waals surface area contributed by atoms with Crippen molar-refractivity contribution in [2.24, 2.45) is 0 Å². The van der Waals surface area contributed by atoms with Gasteiger partial charge in [-0.05, 0) is 36.1 Å². The summed E-state index contributed by atoms with van der Waals surface area (Å²) < 4.78 is 21.3. The van der Waals surface area contributed by atoms with E-state index >= 15 is 0 Å². The van der Waals surface area contributed by atoms with Crippen LogP contribution < -0.4 is 0 Å². The van der Waals surface area contributed by atoms with Crippen molar-refractivity contribution in [2.45, 2.75) is 27.1 Å². The van der Waals surface area contributed by atoms with Crippen molar-refractivity contribution in [2.75, 3.05) is 27.4 Å². The largest absolute Gasteiger partial charge is 0.462 e. The molecule has 4 aromatic rings. The number of hydrogen-bond donors (Lipinski definition) is 2. The lowest BCUT2D eigenvalue weighted by Gasteiger charge is -2.10. The van der Waals surface area contributed by atoms with Crippen molar-refractivity contribution >= 4 is 11.9 Å². The SMILES string of the molecule is CCOC(=O)c1c(-c2ccc(COC)cc2)c[nH]c1-c1[nH]cc(-c2ccc(COC)cc2)c1C(=O)OCC. The summed E-state index contributed by atoms with van der Waals surface area (Å²) in [6, 6.07) is 15.5. The molecule has 0 bridgehead atoms. The number of methoxy groups -OCH3 is 2. The highest BCUT2D eigenvalue weighted by molar-refractivity contribution is 6.08. The van der Waals surface area contributed by atoms with Gasteiger partial charge in [-0.1, -0.05) is 48.5 Å². The number of nitrogens with one attached hydrogen (secondary N) is 2. The number of aromatic amines is 2. The number of rotatable bonds is 11. The number of benzene rings is 2. The molecule has 0 aliphatic carbocycles. The maximum atomic E-state index is 13.2. The van der Waals surface area contributed by atoms with Crippen LogP contribution in [0.4, 0.5) is 0 Å². The summed E-state index contributed by atoms with van der Waals surface area (Å²) in [5, 5.41) is 0. The lowest BCUT2D eigenvalue weighted by Crippen LogP contribution is -2.10. The second kappa shape index (κ2) is 12.4. The van der Waals surface area contributed by atoms with Crippen LogP contribution in [0.25, 0.3) is 33.6 Å². The Morgan fingerprint density at radius 2 is 1.00 bits per heavy atom. The molecule has 0 amide bonds. The molecule has 0 spiro atoms. The van der Waals surface area contributed by atoms with Crippen LogP contribution in [0.1, 0.15) is 45.7 Å². The molecule has 2 heterocycles. The van der Waals surface area contributed by atoms with Gasteiger partial charge in [-0.15, -0.1) is 0 Å². The molecule has 198 valence electrons. The number of ether oxygens (including phenoxy) is 4. The number of carbonyl (C=O) groups is 2. The summed E-state index contributed by atoms with van der Waals surface area (Å²) in [5.74, 6) is -0.982. The Balaban J connectivity index is 1.86. The molecule has 0 radical (unpaired) electrons. The molecule has 0 atom stereocenters. The first-order valence-electron chi connectivity index (χ1n) is 12.5. The second-order valence-corrected chi connectivity index (χ2v) is 8.61. The Morgan fingerprint density at radius 1 is 0.632 bits per heavy atom. The van der Waals surface area contributed by atoms with Gasteiger partial charge < -0.3 is 28.9 Å². The molecule has 0 saturated heterocycles. The van der Waals surface area contributed by atoms with E-state index in [1.165, 1.54) is 0 Å². The van der Waals surface area contributed by atoms with E-state index in [0.717, 1.165) is 22.3 Å². The van der Waals surface area contributed by atoms with Crippen molar-refractivity contribution in [3.05, 3.63) is 83.2 Å². The van der Waals surface area contributed by atoms with E-state index in [0.29, 0.717) is 46.9 Å². The van der Waals surface area contributed by atoms with E-state index in [1.54, 1.807) is 40.5 Å². The molecule has 0 unspecified atom stereocenters. The summed E-state index contributed by atoms with van der Waals surface area (Å²) in [6.45, 7) is 4.92. The standard InChI is InChI=1S/C30H32N2O6/c1-5-37-29(33)25-23(21-11-7-19(8-12-21)17-35-3)15-31-27(25)28-26(30(34)38-6-2)24(16-32-28)22-13-9-20(10-14-22)18-36-4/h7-16,31-32H,5-6,17-18H2,1-4H3. The lowest BCUT2D eigenvalue weighted by molar-refractivity contribution is 0.0516. The summed E-state index contributed by atoms with van der Waals surface area (Å²) in [5.41, 5.74) is 6.58. The molecular formula is C30H32N2O6. The van der Waals surface area contributed by atoms with E-state index in [9.17, 15) is 9.59 Å². The summed E-state index contributed by atoms with van der Waals surface area (Å²) in [6.07, 6.45) is 3.50. The van der Waals surface area contributed by atoms with Crippen LogP contribution in [-0.2, 0) is 32.2 Å². The number of hydrogen-bond acceptors (Lipinski definition) is 6. The predicted molar refractivity (Wildman–Crippen MR) is 145 cm³/mol. The number of H-pyrrole nitrogens is 2. The highest BCUT2D eigenvalue weighted by Gasteiger charge is 2.29. The van der Waals surface area contributed by atoms with Gasteiger partial charge in [0, 0.05) is 37.7 Å². The summed E-state index contributed by atoms with van der Waals surface area (Å²) in [7, 11) is 3.29. The van der Waals surface area contributed by atoms with E-state index in [2.05, 4.69) is 9.97 Å². The monoisotopic (exact) mass is 516 g/mol. The van der Waals surface area contributed by atoms with Crippen molar-refractivity contribution < 1.29 is 28.5 Å². The van der Waals surface area contributed by atoms with Crippen molar-refractivity contribution in [1.29, 1.82) is 0 Å². The minimum absolute atomic E-state index is 0.213. The van der Waals surface area contributed by atoms with Gasteiger partial charge in [-0.3, -0.25) is 0 Å². The maximum absolute atomic E-state index is 13.2. The van der Waals surface area contributed by atoms with E-state index in [-0.39, 0.29) is 13.2 Å². The second-order valence-electron chi connectivity index (χ2n) is 8.61. The Morgan fingerprint density at radius 3 is 1.32 bits per heavy atom.